The van der Waals surface area contributed by atoms with Crippen molar-refractivity contribution in [3.8, 4) is 16.9 Å². The van der Waals surface area contributed by atoms with E-state index in [9.17, 15) is 9.59 Å². The Bertz CT molecular complexity index is 1600. The van der Waals surface area contributed by atoms with Gasteiger partial charge in [-0.05, 0) is 62.1 Å². The number of halogens is 1. The molecule has 0 unspecified atom stereocenters. The summed E-state index contributed by atoms with van der Waals surface area (Å²) < 4.78 is 7.51. The van der Waals surface area contributed by atoms with Crippen molar-refractivity contribution in [1.29, 1.82) is 0 Å². The van der Waals surface area contributed by atoms with Gasteiger partial charge in [0.15, 0.2) is 0 Å². The van der Waals surface area contributed by atoms with Gasteiger partial charge in [-0.15, -0.1) is 11.8 Å². The number of fused-ring (bicyclic) bond motifs is 1. The second kappa shape index (κ2) is 12.3. The fraction of sp³-hybridized carbons (Fsp3) is 0.303. The molecule has 6 rings (SSSR count). The zero-order valence-electron chi connectivity index (χ0n) is 23.7. The van der Waals surface area contributed by atoms with Crippen molar-refractivity contribution in [1.82, 2.24) is 15.1 Å². The Labute approximate surface area is 255 Å². The molecule has 42 heavy (non-hydrogen) atoms. The zero-order chi connectivity index (χ0) is 29.2. The van der Waals surface area contributed by atoms with Crippen molar-refractivity contribution in [2.45, 2.75) is 38.0 Å². The van der Waals surface area contributed by atoms with Crippen molar-refractivity contribution in [2.24, 2.45) is 0 Å². The first kappa shape index (κ1) is 28.5. The molecule has 0 aliphatic carbocycles. The lowest BCUT2D eigenvalue weighted by atomic mass is 9.96. The zero-order valence-corrected chi connectivity index (χ0v) is 25.3. The van der Waals surface area contributed by atoms with Crippen LogP contribution in [-0.4, -0.2) is 53.1 Å². The van der Waals surface area contributed by atoms with E-state index >= 15 is 0 Å². The van der Waals surface area contributed by atoms with Crippen LogP contribution in [0.2, 0.25) is 5.02 Å². The molecule has 2 amide bonds. The second-order valence-corrected chi connectivity index (χ2v) is 12.3. The first-order valence-corrected chi connectivity index (χ1v) is 15.6. The number of thioether (sulfide) groups is 1. The predicted octanol–water partition coefficient (Wildman–Crippen LogP) is 6.27. The molecule has 2 aliphatic heterocycles. The molecule has 2 aliphatic rings. The molecule has 9 heteroatoms. The Hall–Kier alpha value is -3.59. The summed E-state index contributed by atoms with van der Waals surface area (Å²) in [5, 5.41) is 8.60. The van der Waals surface area contributed by atoms with E-state index in [0.717, 1.165) is 58.6 Å². The molecule has 0 saturated carbocycles. The van der Waals surface area contributed by atoms with E-state index in [0.29, 0.717) is 17.4 Å². The van der Waals surface area contributed by atoms with Crippen LogP contribution < -0.4 is 10.2 Å². The van der Waals surface area contributed by atoms with Crippen LogP contribution in [0.15, 0.2) is 72.8 Å². The highest BCUT2D eigenvalue weighted by Gasteiger charge is 2.38. The number of amides is 2. The Balaban J connectivity index is 1.53. The average molecular weight is 601 g/mol. The molecule has 7 nitrogen and oxygen atoms in total. The number of anilines is 1. The minimum absolute atomic E-state index is 0.0138. The highest BCUT2D eigenvalue weighted by molar-refractivity contribution is 8.00. The topological polar surface area (TPSA) is 76.5 Å². The summed E-state index contributed by atoms with van der Waals surface area (Å²) in [5.74, 6) is 0.467. The number of aryl methyl sites for hydroxylation is 2. The molecule has 216 valence electrons. The van der Waals surface area contributed by atoms with Gasteiger partial charge in [-0.2, -0.15) is 5.10 Å². The lowest BCUT2D eigenvalue weighted by Crippen LogP contribution is -2.44. The number of nitrogens with zero attached hydrogens (tertiary/aromatic N) is 3. The fourth-order valence-corrected chi connectivity index (χ4v) is 6.98. The van der Waals surface area contributed by atoms with Crippen molar-refractivity contribution >= 4 is 41.0 Å². The summed E-state index contributed by atoms with van der Waals surface area (Å²) in [7, 11) is 0. The quantitative estimate of drug-likeness (QED) is 0.270. The summed E-state index contributed by atoms with van der Waals surface area (Å²) in [6.07, 6.45) is 1.93. The van der Waals surface area contributed by atoms with Gasteiger partial charge in [-0.25, -0.2) is 4.68 Å². The number of carbonyl (C=O) groups excluding carboxylic acids is 2. The van der Waals surface area contributed by atoms with Crippen LogP contribution in [0, 0.1) is 13.8 Å². The maximum atomic E-state index is 13.9. The molecule has 1 aromatic heterocycles. The third-order valence-corrected chi connectivity index (χ3v) is 9.30. The van der Waals surface area contributed by atoms with Gasteiger partial charge >= 0.3 is 0 Å². The molecule has 1 fully saturated rings. The normalized spacial score (nSPS) is 18.5. The Morgan fingerprint density at radius 2 is 1.83 bits per heavy atom. The monoisotopic (exact) mass is 600 g/mol. The second-order valence-electron chi connectivity index (χ2n) is 10.8. The van der Waals surface area contributed by atoms with Gasteiger partial charge in [0.25, 0.3) is 0 Å². The number of nitrogens with one attached hydrogen (secondary N) is 1. The van der Waals surface area contributed by atoms with Crippen molar-refractivity contribution in [2.75, 3.05) is 30.3 Å². The first-order valence-electron chi connectivity index (χ1n) is 14.2. The number of hydrogen-bond acceptors (Lipinski definition) is 5. The molecule has 0 spiro atoms. The van der Waals surface area contributed by atoms with E-state index in [4.69, 9.17) is 21.4 Å². The molecule has 2 atom stereocenters. The van der Waals surface area contributed by atoms with E-state index in [2.05, 4.69) is 24.4 Å². The van der Waals surface area contributed by atoms with E-state index in [1.165, 1.54) is 0 Å². The van der Waals surface area contributed by atoms with Crippen LogP contribution >= 0.6 is 23.4 Å². The maximum Gasteiger partial charge on any atom is 0.240 e. The average Bonchev–Trinajstić information content (AvgIpc) is 3.62. The Morgan fingerprint density at radius 1 is 1.07 bits per heavy atom. The Kier molecular flexibility index (Phi) is 8.38. The number of rotatable bonds is 7. The summed E-state index contributed by atoms with van der Waals surface area (Å²) in [4.78, 5) is 28.8. The molecule has 1 N–H and O–H groups in total. The van der Waals surface area contributed by atoms with E-state index in [-0.39, 0.29) is 35.5 Å². The number of ether oxygens (including phenoxy) is 1. The van der Waals surface area contributed by atoms with E-state index in [1.54, 1.807) is 16.7 Å². The van der Waals surface area contributed by atoms with Crippen molar-refractivity contribution in [3.63, 3.8) is 0 Å². The third-order valence-electron chi connectivity index (χ3n) is 7.81. The van der Waals surface area contributed by atoms with E-state index < -0.39 is 0 Å². The van der Waals surface area contributed by atoms with Gasteiger partial charge in [0.2, 0.25) is 11.8 Å². The smallest absolute Gasteiger partial charge is 0.240 e. The molecule has 3 aromatic carbocycles. The van der Waals surface area contributed by atoms with Crippen LogP contribution in [0.4, 0.5) is 5.82 Å². The van der Waals surface area contributed by atoms with Gasteiger partial charge in [-0.3, -0.25) is 14.5 Å². The summed E-state index contributed by atoms with van der Waals surface area (Å²) in [5.41, 5.74) is 6.70. The van der Waals surface area contributed by atoms with Gasteiger partial charge in [0.1, 0.15) is 12.4 Å². The van der Waals surface area contributed by atoms with Crippen molar-refractivity contribution in [3.05, 3.63) is 100 Å². The number of benzene rings is 3. The van der Waals surface area contributed by atoms with Crippen LogP contribution in [0.25, 0.3) is 16.9 Å². The van der Waals surface area contributed by atoms with Gasteiger partial charge in [0, 0.05) is 29.3 Å². The highest BCUT2D eigenvalue weighted by Crippen LogP contribution is 2.49. The number of hydrogen-bond donors (Lipinski definition) is 1. The summed E-state index contributed by atoms with van der Waals surface area (Å²) in [6.45, 7) is 5.16. The molecule has 0 bridgehead atoms. The number of carbonyl (C=O) groups is 2. The van der Waals surface area contributed by atoms with Crippen molar-refractivity contribution < 1.29 is 14.3 Å². The van der Waals surface area contributed by atoms with Gasteiger partial charge in [-0.1, -0.05) is 65.7 Å². The minimum atomic E-state index is -0.228. The molecule has 3 heterocycles. The van der Waals surface area contributed by atoms with Crippen LogP contribution in [0.5, 0.6) is 0 Å². The largest absolute Gasteiger partial charge is 0.376 e. The SMILES string of the molecule is Cc1ccc(-n2nc(-c3ccc(Cl)cc3)c3c2N(CC(=O)NC[C@@H]2CCCO2)C(=O)CS[C@H]3c2ccccc2C)cc1. The molecule has 1 saturated heterocycles. The predicted molar refractivity (Wildman–Crippen MR) is 169 cm³/mol. The lowest BCUT2D eigenvalue weighted by molar-refractivity contribution is -0.123. The summed E-state index contributed by atoms with van der Waals surface area (Å²) in [6, 6.07) is 23.9. The fourth-order valence-electron chi connectivity index (χ4n) is 5.57. The highest BCUT2D eigenvalue weighted by atomic mass is 35.5. The molecule has 4 aromatic rings. The van der Waals surface area contributed by atoms with Gasteiger partial charge < -0.3 is 10.1 Å². The third kappa shape index (κ3) is 5.84. The first-order chi connectivity index (χ1) is 20.4. The standard InChI is InChI=1S/C33H33ClN4O3S/c1-21-9-15-25(16-10-21)38-33-30(31(36-38)23-11-13-24(34)14-12-23)32(27-8-4-3-6-22(27)2)42-20-29(40)37(33)19-28(39)35-18-26-7-5-17-41-26/h3-4,6,8-16,26,32H,5,7,17-20H2,1-2H3,(H,35,39)/t26-,32-/m0/s1. The van der Waals surface area contributed by atoms with Crippen LogP contribution in [0.3, 0.4) is 0 Å². The maximum absolute atomic E-state index is 13.9. The Morgan fingerprint density at radius 3 is 2.55 bits per heavy atom. The molecular weight excluding hydrogens is 568 g/mol. The minimum Gasteiger partial charge on any atom is -0.376 e. The molecular formula is C33H33ClN4O3S. The van der Waals surface area contributed by atoms with Crippen LogP contribution in [-0.2, 0) is 14.3 Å². The van der Waals surface area contributed by atoms with Crippen LogP contribution in [0.1, 0.15) is 40.3 Å². The van der Waals surface area contributed by atoms with E-state index in [1.807, 2.05) is 72.3 Å². The summed E-state index contributed by atoms with van der Waals surface area (Å²) >= 11 is 7.84. The van der Waals surface area contributed by atoms with Gasteiger partial charge in [0.05, 0.1) is 28.5 Å². The molecule has 0 radical (unpaired) electrons. The lowest BCUT2D eigenvalue weighted by Gasteiger charge is -2.24. The number of aromatic nitrogens is 2.